The molecule has 70 valence electrons. The second-order valence-electron chi connectivity index (χ2n) is 4.06. The van der Waals surface area contributed by atoms with Crippen LogP contribution in [0, 0.1) is 23.2 Å². The van der Waals surface area contributed by atoms with E-state index in [1.807, 2.05) is 6.07 Å². The van der Waals surface area contributed by atoms with E-state index >= 15 is 0 Å². The number of hydrogen-bond donors (Lipinski definition) is 0. The van der Waals surface area contributed by atoms with Crippen molar-refractivity contribution in [3.63, 3.8) is 0 Å². The van der Waals surface area contributed by atoms with E-state index in [9.17, 15) is 4.79 Å². The van der Waals surface area contributed by atoms with Gasteiger partial charge in [-0.25, -0.2) is 0 Å². The molecule has 0 saturated heterocycles. The van der Waals surface area contributed by atoms with Gasteiger partial charge in [0, 0.05) is 18.9 Å². The molecule has 1 unspecified atom stereocenters. The number of ketones is 1. The van der Waals surface area contributed by atoms with Crippen LogP contribution in [0.15, 0.2) is 11.6 Å². The van der Waals surface area contributed by atoms with Gasteiger partial charge in [0.1, 0.15) is 5.78 Å². The van der Waals surface area contributed by atoms with Crippen molar-refractivity contribution < 1.29 is 4.79 Å². The van der Waals surface area contributed by atoms with E-state index in [0.29, 0.717) is 24.7 Å². The predicted octanol–water partition coefficient (Wildman–Crippen LogP) is 2.46. The fourth-order valence-corrected chi connectivity index (χ4v) is 1.77. The van der Waals surface area contributed by atoms with Crippen molar-refractivity contribution in [1.29, 1.82) is 5.26 Å². The molecule has 1 rings (SSSR count). The first-order valence-corrected chi connectivity index (χ1v) is 4.72. The molecule has 1 aliphatic rings. The second-order valence-corrected chi connectivity index (χ2v) is 4.06. The van der Waals surface area contributed by atoms with Gasteiger partial charge in [-0.15, -0.1) is 0 Å². The molecule has 1 aliphatic carbocycles. The van der Waals surface area contributed by atoms with Crippen molar-refractivity contribution in [2.45, 2.75) is 33.1 Å². The minimum absolute atomic E-state index is 0.284. The molecule has 0 amide bonds. The van der Waals surface area contributed by atoms with Crippen LogP contribution in [0.4, 0.5) is 0 Å². The third kappa shape index (κ3) is 2.69. The van der Waals surface area contributed by atoms with Crippen LogP contribution in [0.25, 0.3) is 0 Å². The summed E-state index contributed by atoms with van der Waals surface area (Å²) in [4.78, 5) is 11.3. The first-order valence-electron chi connectivity index (χ1n) is 4.72. The normalized spacial score (nSPS) is 26.5. The van der Waals surface area contributed by atoms with Crippen LogP contribution in [0.2, 0.25) is 0 Å². The van der Waals surface area contributed by atoms with Gasteiger partial charge in [0.2, 0.25) is 0 Å². The van der Waals surface area contributed by atoms with Crippen molar-refractivity contribution in [2.24, 2.45) is 11.8 Å². The van der Waals surface area contributed by atoms with Crippen LogP contribution >= 0.6 is 0 Å². The van der Waals surface area contributed by atoms with E-state index in [2.05, 4.69) is 13.8 Å². The van der Waals surface area contributed by atoms with Crippen LogP contribution in [-0.4, -0.2) is 5.78 Å². The van der Waals surface area contributed by atoms with Gasteiger partial charge in [-0.1, -0.05) is 19.4 Å². The van der Waals surface area contributed by atoms with E-state index in [1.165, 1.54) is 6.08 Å². The van der Waals surface area contributed by atoms with Gasteiger partial charge in [-0.3, -0.25) is 4.79 Å². The standard InChI is InChI=1S/C11H15NO/c1-8(2)10-5-9(3-4-12)6-11(13)7-10/h3,8,10H,5-7H2,1-2H3/b9-3-. The lowest BCUT2D eigenvalue weighted by Gasteiger charge is -2.25. The molecule has 0 N–H and O–H groups in total. The first kappa shape index (κ1) is 9.98. The summed E-state index contributed by atoms with van der Waals surface area (Å²) in [6, 6.07) is 2.00. The van der Waals surface area contributed by atoms with Crippen LogP contribution in [-0.2, 0) is 4.79 Å². The Labute approximate surface area is 79.2 Å². The van der Waals surface area contributed by atoms with Crippen molar-refractivity contribution in [2.75, 3.05) is 0 Å². The Morgan fingerprint density at radius 3 is 2.77 bits per heavy atom. The minimum Gasteiger partial charge on any atom is -0.299 e. The molecule has 0 radical (unpaired) electrons. The van der Waals surface area contributed by atoms with Gasteiger partial charge in [-0.05, 0) is 18.3 Å². The molecule has 1 fully saturated rings. The Hall–Kier alpha value is -1.10. The molecule has 1 saturated carbocycles. The molecule has 0 bridgehead atoms. The number of nitrogens with zero attached hydrogens (tertiary/aromatic N) is 1. The van der Waals surface area contributed by atoms with E-state index < -0.39 is 0 Å². The molecule has 1 atom stereocenters. The molecule has 0 aromatic heterocycles. The summed E-state index contributed by atoms with van der Waals surface area (Å²) in [5.41, 5.74) is 1.01. The lowest BCUT2D eigenvalue weighted by Crippen LogP contribution is -2.21. The zero-order valence-corrected chi connectivity index (χ0v) is 8.21. The van der Waals surface area contributed by atoms with Gasteiger partial charge >= 0.3 is 0 Å². The molecular formula is C11H15NO. The highest BCUT2D eigenvalue weighted by molar-refractivity contribution is 5.82. The molecule has 13 heavy (non-hydrogen) atoms. The highest BCUT2D eigenvalue weighted by Crippen LogP contribution is 2.30. The number of allylic oxidation sites excluding steroid dienone is 2. The van der Waals surface area contributed by atoms with Gasteiger partial charge in [-0.2, -0.15) is 5.26 Å². The second kappa shape index (κ2) is 4.23. The number of carbonyl (C=O) groups excluding carboxylic acids is 1. The molecule has 0 aromatic carbocycles. The quantitative estimate of drug-likeness (QED) is 0.577. The summed E-state index contributed by atoms with van der Waals surface area (Å²) in [6.45, 7) is 4.26. The fraction of sp³-hybridized carbons (Fsp3) is 0.636. The maximum absolute atomic E-state index is 11.3. The lowest BCUT2D eigenvalue weighted by molar-refractivity contribution is -0.120. The molecule has 2 heteroatoms. The van der Waals surface area contributed by atoms with E-state index in [1.54, 1.807) is 0 Å². The largest absolute Gasteiger partial charge is 0.299 e. The molecule has 0 aliphatic heterocycles. The molecule has 0 spiro atoms. The third-order valence-corrected chi connectivity index (χ3v) is 2.65. The highest BCUT2D eigenvalue weighted by atomic mass is 16.1. The van der Waals surface area contributed by atoms with Crippen molar-refractivity contribution >= 4 is 5.78 Å². The number of nitriles is 1. The summed E-state index contributed by atoms with van der Waals surface area (Å²) in [5.74, 6) is 1.26. The molecule has 0 aromatic rings. The van der Waals surface area contributed by atoms with Crippen LogP contribution in [0.5, 0.6) is 0 Å². The summed E-state index contributed by atoms with van der Waals surface area (Å²) < 4.78 is 0. The average molecular weight is 177 g/mol. The number of carbonyl (C=O) groups is 1. The first-order chi connectivity index (χ1) is 6.13. The average Bonchev–Trinajstić information content (AvgIpc) is 2.03. The van der Waals surface area contributed by atoms with E-state index in [4.69, 9.17) is 5.26 Å². The maximum Gasteiger partial charge on any atom is 0.137 e. The van der Waals surface area contributed by atoms with Crippen molar-refractivity contribution in [3.05, 3.63) is 11.6 Å². The van der Waals surface area contributed by atoms with E-state index in [0.717, 1.165) is 12.0 Å². The molecule has 0 heterocycles. The zero-order chi connectivity index (χ0) is 9.84. The Morgan fingerprint density at radius 2 is 2.23 bits per heavy atom. The van der Waals surface area contributed by atoms with Gasteiger partial charge in [0.25, 0.3) is 0 Å². The van der Waals surface area contributed by atoms with Gasteiger partial charge in [0.15, 0.2) is 0 Å². The Bertz CT molecular complexity index is 270. The minimum atomic E-state index is 0.284. The summed E-state index contributed by atoms with van der Waals surface area (Å²) >= 11 is 0. The Morgan fingerprint density at radius 1 is 1.54 bits per heavy atom. The highest BCUT2D eigenvalue weighted by Gasteiger charge is 2.24. The smallest absolute Gasteiger partial charge is 0.137 e. The topological polar surface area (TPSA) is 40.9 Å². The zero-order valence-electron chi connectivity index (χ0n) is 8.21. The van der Waals surface area contributed by atoms with Gasteiger partial charge in [0.05, 0.1) is 6.07 Å². The van der Waals surface area contributed by atoms with Crippen LogP contribution < -0.4 is 0 Å². The number of hydrogen-bond acceptors (Lipinski definition) is 2. The molecule has 2 nitrogen and oxygen atoms in total. The maximum atomic E-state index is 11.3. The third-order valence-electron chi connectivity index (χ3n) is 2.65. The Balaban J connectivity index is 2.70. The summed E-state index contributed by atoms with van der Waals surface area (Å²) in [6.07, 6.45) is 3.65. The predicted molar refractivity (Wildman–Crippen MR) is 50.9 cm³/mol. The summed E-state index contributed by atoms with van der Waals surface area (Å²) in [5, 5.41) is 8.49. The van der Waals surface area contributed by atoms with Crippen molar-refractivity contribution in [1.82, 2.24) is 0 Å². The number of Topliss-reactive ketones (excluding diaryl/α,β-unsaturated/α-hetero) is 1. The lowest BCUT2D eigenvalue weighted by atomic mass is 9.78. The van der Waals surface area contributed by atoms with Crippen LogP contribution in [0.3, 0.4) is 0 Å². The number of rotatable bonds is 1. The summed E-state index contributed by atoms with van der Waals surface area (Å²) in [7, 11) is 0. The van der Waals surface area contributed by atoms with E-state index in [-0.39, 0.29) is 5.78 Å². The van der Waals surface area contributed by atoms with Gasteiger partial charge < -0.3 is 0 Å². The SMILES string of the molecule is CC(C)C1CC(=O)C/C(=C\C#N)C1. The Kier molecular flexibility index (Phi) is 3.25. The molecular weight excluding hydrogens is 162 g/mol. The fourth-order valence-electron chi connectivity index (χ4n) is 1.77. The monoisotopic (exact) mass is 177 g/mol. The van der Waals surface area contributed by atoms with Crippen LogP contribution in [0.1, 0.15) is 33.1 Å². The van der Waals surface area contributed by atoms with Crippen molar-refractivity contribution in [3.8, 4) is 6.07 Å².